The molecule has 0 unspecified atom stereocenters. The molecule has 0 saturated carbocycles. The number of nitrogens with zero attached hydrogens (tertiary/aromatic N) is 4. The molecule has 0 aromatic carbocycles. The third kappa shape index (κ3) is 5.53. The van der Waals surface area contributed by atoms with E-state index in [-0.39, 0.29) is 0 Å². The van der Waals surface area contributed by atoms with Crippen LogP contribution in [0.25, 0.3) is 0 Å². The van der Waals surface area contributed by atoms with Crippen LogP contribution >= 0.6 is 27.5 Å². The Labute approximate surface area is 156 Å². The molecule has 2 aromatic rings. The van der Waals surface area contributed by atoms with E-state index in [0.717, 1.165) is 35.5 Å². The van der Waals surface area contributed by atoms with Gasteiger partial charge in [0.15, 0.2) is 5.96 Å². The minimum atomic E-state index is 0.518. The maximum atomic E-state index is 5.81. The van der Waals surface area contributed by atoms with Crippen LogP contribution in [0, 0.1) is 0 Å². The van der Waals surface area contributed by atoms with Gasteiger partial charge in [-0.25, -0.2) is 4.98 Å². The second-order valence-corrected chi connectivity index (χ2v) is 6.89. The molecule has 0 saturated heterocycles. The Hall–Kier alpha value is -1.53. The van der Waals surface area contributed by atoms with Crippen LogP contribution in [-0.4, -0.2) is 40.5 Å². The van der Waals surface area contributed by atoms with E-state index in [1.54, 1.807) is 6.20 Å². The summed E-state index contributed by atoms with van der Waals surface area (Å²) in [5.41, 5.74) is 2.35. The summed E-state index contributed by atoms with van der Waals surface area (Å²) in [5, 5.41) is 3.86. The van der Waals surface area contributed by atoms with Gasteiger partial charge in [0.05, 0.1) is 6.54 Å². The molecule has 0 amide bonds. The zero-order chi connectivity index (χ0) is 17.5. The number of guanidine groups is 1. The molecule has 0 aliphatic rings. The molecule has 7 heteroatoms. The molecule has 24 heavy (non-hydrogen) atoms. The molecule has 0 atom stereocenters. The summed E-state index contributed by atoms with van der Waals surface area (Å²) < 4.78 is 3.20. The Morgan fingerprint density at radius 1 is 1.46 bits per heavy atom. The summed E-state index contributed by atoms with van der Waals surface area (Å²) in [4.78, 5) is 10.9. The van der Waals surface area contributed by atoms with Crippen LogP contribution in [0.15, 0.2) is 40.1 Å². The lowest BCUT2D eigenvalue weighted by molar-refractivity contribution is 0.462. The van der Waals surface area contributed by atoms with Crippen molar-refractivity contribution in [1.82, 2.24) is 19.8 Å². The number of rotatable bonds is 6. The first-order chi connectivity index (χ1) is 11.5. The summed E-state index contributed by atoms with van der Waals surface area (Å²) in [6.07, 6.45) is 4.69. The Morgan fingerprint density at radius 3 is 2.83 bits per heavy atom. The average Bonchev–Trinajstić information content (AvgIpc) is 2.86. The van der Waals surface area contributed by atoms with Gasteiger partial charge in [-0.3, -0.25) is 4.99 Å². The fourth-order valence-corrected chi connectivity index (χ4v) is 3.04. The number of aryl methyl sites for hydroxylation is 1. The van der Waals surface area contributed by atoms with Gasteiger partial charge in [-0.05, 0) is 47.0 Å². The van der Waals surface area contributed by atoms with Crippen molar-refractivity contribution in [2.75, 3.05) is 20.1 Å². The van der Waals surface area contributed by atoms with Crippen LogP contribution in [0.4, 0.5) is 0 Å². The summed E-state index contributed by atoms with van der Waals surface area (Å²) in [6, 6.07) is 5.92. The van der Waals surface area contributed by atoms with Gasteiger partial charge < -0.3 is 14.8 Å². The first-order valence-electron chi connectivity index (χ1n) is 7.90. The smallest absolute Gasteiger partial charge is 0.194 e. The van der Waals surface area contributed by atoms with Crippen LogP contribution in [0.2, 0.25) is 5.15 Å². The zero-order valence-electron chi connectivity index (χ0n) is 14.3. The van der Waals surface area contributed by atoms with Crippen molar-refractivity contribution in [3.63, 3.8) is 0 Å². The zero-order valence-corrected chi connectivity index (χ0v) is 16.6. The number of pyridine rings is 1. The predicted molar refractivity (Wildman–Crippen MR) is 104 cm³/mol. The van der Waals surface area contributed by atoms with Crippen LogP contribution < -0.4 is 5.32 Å². The molecule has 0 aliphatic heterocycles. The van der Waals surface area contributed by atoms with Crippen LogP contribution in [-0.2, 0) is 20.0 Å². The lowest BCUT2D eigenvalue weighted by Gasteiger charge is -2.22. The minimum absolute atomic E-state index is 0.518. The van der Waals surface area contributed by atoms with Crippen molar-refractivity contribution in [1.29, 1.82) is 0 Å². The fourth-order valence-electron chi connectivity index (χ4n) is 2.36. The van der Waals surface area contributed by atoms with Gasteiger partial charge in [0.25, 0.3) is 0 Å². The van der Waals surface area contributed by atoms with E-state index < -0.39 is 0 Å². The second kappa shape index (κ2) is 9.08. The van der Waals surface area contributed by atoms with Gasteiger partial charge in [0, 0.05) is 49.7 Å². The van der Waals surface area contributed by atoms with Gasteiger partial charge >= 0.3 is 0 Å². The molecule has 0 aliphatic carbocycles. The molecule has 130 valence electrons. The number of nitrogens with one attached hydrogen (secondary N) is 1. The molecule has 2 rings (SSSR count). The van der Waals surface area contributed by atoms with Crippen molar-refractivity contribution in [3.8, 4) is 0 Å². The number of aliphatic imine (C=N–C) groups is 1. The highest BCUT2D eigenvalue weighted by atomic mass is 79.9. The van der Waals surface area contributed by atoms with Crippen LogP contribution in [0.1, 0.15) is 18.2 Å². The second-order valence-electron chi connectivity index (χ2n) is 5.59. The van der Waals surface area contributed by atoms with E-state index in [4.69, 9.17) is 16.6 Å². The number of halogens is 2. The molecular formula is C17H23BrClN5. The topological polar surface area (TPSA) is 45.5 Å². The monoisotopic (exact) mass is 411 g/mol. The van der Waals surface area contributed by atoms with Crippen molar-refractivity contribution in [2.45, 2.75) is 19.9 Å². The summed E-state index contributed by atoms with van der Waals surface area (Å²) >= 11 is 9.32. The Bertz CT molecular complexity index is 681. The van der Waals surface area contributed by atoms with E-state index >= 15 is 0 Å². The van der Waals surface area contributed by atoms with E-state index in [0.29, 0.717) is 11.7 Å². The first kappa shape index (κ1) is 18.8. The van der Waals surface area contributed by atoms with Crippen molar-refractivity contribution < 1.29 is 0 Å². The van der Waals surface area contributed by atoms with Crippen LogP contribution in [0.5, 0.6) is 0 Å². The van der Waals surface area contributed by atoms with Gasteiger partial charge in [0.2, 0.25) is 0 Å². The lowest BCUT2D eigenvalue weighted by Crippen LogP contribution is -2.39. The highest BCUT2D eigenvalue weighted by Gasteiger charge is 2.09. The molecule has 5 nitrogen and oxygen atoms in total. The highest BCUT2D eigenvalue weighted by Crippen LogP contribution is 2.15. The van der Waals surface area contributed by atoms with E-state index in [9.17, 15) is 0 Å². The Morgan fingerprint density at radius 2 is 2.25 bits per heavy atom. The SMILES string of the molecule is CCNC(=NCCc1ccc(Cl)nc1)N(C)Cc1cc(Br)cn1C. The van der Waals surface area contributed by atoms with Crippen molar-refractivity contribution in [3.05, 3.63) is 51.5 Å². The first-order valence-corrected chi connectivity index (χ1v) is 9.07. The molecule has 0 radical (unpaired) electrons. The average molecular weight is 413 g/mol. The Kier molecular flexibility index (Phi) is 7.12. The van der Waals surface area contributed by atoms with E-state index in [2.05, 4.69) is 54.9 Å². The molecule has 2 heterocycles. The third-order valence-electron chi connectivity index (χ3n) is 3.62. The molecule has 0 spiro atoms. The summed E-state index contributed by atoms with van der Waals surface area (Å²) in [6.45, 7) is 4.40. The number of aromatic nitrogens is 2. The summed E-state index contributed by atoms with van der Waals surface area (Å²) in [7, 11) is 4.10. The van der Waals surface area contributed by atoms with Crippen molar-refractivity contribution in [2.24, 2.45) is 12.0 Å². The fraction of sp³-hybridized carbons (Fsp3) is 0.412. The van der Waals surface area contributed by atoms with Gasteiger partial charge in [0.1, 0.15) is 5.15 Å². The minimum Gasteiger partial charge on any atom is -0.357 e. The Balaban J connectivity index is 1.98. The molecule has 2 aromatic heterocycles. The molecular weight excluding hydrogens is 390 g/mol. The largest absolute Gasteiger partial charge is 0.357 e. The lowest BCUT2D eigenvalue weighted by atomic mass is 10.2. The van der Waals surface area contributed by atoms with Crippen LogP contribution in [0.3, 0.4) is 0 Å². The standard InChI is InChI=1S/C17H23BrClN5/c1-4-20-17(21-8-7-13-5-6-16(19)22-10-13)24(3)12-15-9-14(18)11-23(15)2/h5-6,9-11H,4,7-8,12H2,1-3H3,(H,20,21). The molecule has 1 N–H and O–H groups in total. The van der Waals surface area contributed by atoms with Gasteiger partial charge in [-0.15, -0.1) is 0 Å². The molecule has 0 bridgehead atoms. The number of hydrogen-bond acceptors (Lipinski definition) is 2. The van der Waals surface area contributed by atoms with Gasteiger partial charge in [-0.1, -0.05) is 17.7 Å². The maximum absolute atomic E-state index is 5.81. The normalized spacial score (nSPS) is 11.6. The van der Waals surface area contributed by atoms with E-state index in [1.807, 2.05) is 26.2 Å². The van der Waals surface area contributed by atoms with Crippen molar-refractivity contribution >= 4 is 33.5 Å². The van der Waals surface area contributed by atoms with E-state index in [1.165, 1.54) is 5.69 Å². The summed E-state index contributed by atoms with van der Waals surface area (Å²) in [5.74, 6) is 0.900. The number of hydrogen-bond donors (Lipinski definition) is 1. The highest BCUT2D eigenvalue weighted by molar-refractivity contribution is 9.10. The van der Waals surface area contributed by atoms with Gasteiger partial charge in [-0.2, -0.15) is 0 Å². The third-order valence-corrected chi connectivity index (χ3v) is 4.28. The maximum Gasteiger partial charge on any atom is 0.194 e. The quantitative estimate of drug-likeness (QED) is 0.449. The predicted octanol–water partition coefficient (Wildman–Crippen LogP) is 3.48. The molecule has 0 fully saturated rings.